The molecule has 1 saturated heterocycles. The van der Waals surface area contributed by atoms with Crippen LogP contribution in [0, 0.1) is 23.0 Å². The molecule has 0 aliphatic carbocycles. The fraction of sp³-hybridized carbons (Fsp3) is 0.333. The molecule has 1 aliphatic heterocycles. The Morgan fingerprint density at radius 3 is 2.49 bits per heavy atom. The number of nitrogens with one attached hydrogen (secondary N) is 1. The number of hydrogen-bond acceptors (Lipinski definition) is 6. The molecule has 35 heavy (non-hydrogen) atoms. The number of aryl methyl sites for hydroxylation is 1. The summed E-state index contributed by atoms with van der Waals surface area (Å²) in [6.07, 6.45) is 0.578. The lowest BCUT2D eigenvalue weighted by Crippen LogP contribution is -2.56. The van der Waals surface area contributed by atoms with Crippen molar-refractivity contribution in [3.05, 3.63) is 68.7 Å². The fourth-order valence-corrected chi connectivity index (χ4v) is 4.13. The average molecular weight is 501 g/mol. The SMILES string of the molecule is CCC(CC)C(=O)N(NC(=O)c1ccc(Cl)c([N+](=O)[O-])c1)C1CC(=O)N(c2cccc(C)c2)C1=O. The number of carbonyl (C=O) groups excluding carboxylic acids is 4. The van der Waals surface area contributed by atoms with Crippen LogP contribution in [-0.2, 0) is 14.4 Å². The van der Waals surface area contributed by atoms with Crippen LogP contribution in [0.4, 0.5) is 11.4 Å². The molecule has 1 heterocycles. The van der Waals surface area contributed by atoms with Gasteiger partial charge in [-0.15, -0.1) is 0 Å². The first-order chi connectivity index (χ1) is 16.6. The third-order valence-electron chi connectivity index (χ3n) is 5.89. The van der Waals surface area contributed by atoms with Crippen LogP contribution in [0.5, 0.6) is 0 Å². The van der Waals surface area contributed by atoms with Gasteiger partial charge in [-0.1, -0.05) is 37.6 Å². The molecule has 0 bridgehead atoms. The maximum absolute atomic E-state index is 13.3. The van der Waals surface area contributed by atoms with Crippen LogP contribution >= 0.6 is 11.6 Å². The molecule has 1 unspecified atom stereocenters. The standard InChI is InChI=1S/C24H25ClN4O6/c1-4-15(5-2)23(32)28(26-22(31)16-9-10-18(25)19(12-16)29(34)35)20-13-21(30)27(24(20)33)17-8-6-7-14(3)11-17/h6-12,15,20H,4-5,13H2,1-3H3,(H,26,31). The minimum absolute atomic E-state index is 0.129. The number of nitro benzene ring substituents is 1. The van der Waals surface area contributed by atoms with Crippen molar-refractivity contribution in [2.24, 2.45) is 5.92 Å². The topological polar surface area (TPSA) is 130 Å². The average Bonchev–Trinajstić information content (AvgIpc) is 3.11. The van der Waals surface area contributed by atoms with Gasteiger partial charge in [-0.25, -0.2) is 9.91 Å². The van der Waals surface area contributed by atoms with Crippen molar-refractivity contribution in [1.82, 2.24) is 10.4 Å². The first-order valence-electron chi connectivity index (χ1n) is 11.1. The predicted octanol–water partition coefficient (Wildman–Crippen LogP) is 3.80. The minimum Gasteiger partial charge on any atom is -0.274 e. The number of benzene rings is 2. The summed E-state index contributed by atoms with van der Waals surface area (Å²) in [6.45, 7) is 5.42. The fourth-order valence-electron chi connectivity index (χ4n) is 3.94. The third-order valence-corrected chi connectivity index (χ3v) is 6.21. The highest BCUT2D eigenvalue weighted by atomic mass is 35.5. The predicted molar refractivity (Wildman–Crippen MR) is 129 cm³/mol. The summed E-state index contributed by atoms with van der Waals surface area (Å²) in [5.74, 6) is -3.04. The van der Waals surface area contributed by atoms with E-state index in [1.165, 1.54) is 12.1 Å². The van der Waals surface area contributed by atoms with Gasteiger partial charge in [0, 0.05) is 17.5 Å². The van der Waals surface area contributed by atoms with Gasteiger partial charge in [-0.05, 0) is 49.6 Å². The van der Waals surface area contributed by atoms with E-state index < -0.39 is 46.2 Å². The van der Waals surface area contributed by atoms with Gasteiger partial charge in [0.25, 0.3) is 17.5 Å². The number of carbonyl (C=O) groups is 4. The Hall–Kier alpha value is -3.79. The van der Waals surface area contributed by atoms with Crippen molar-refractivity contribution < 1.29 is 24.1 Å². The summed E-state index contributed by atoms with van der Waals surface area (Å²) in [6, 6.07) is 9.01. The molecule has 1 fully saturated rings. The summed E-state index contributed by atoms with van der Waals surface area (Å²) >= 11 is 5.83. The van der Waals surface area contributed by atoms with Crippen LogP contribution in [0.1, 0.15) is 49.0 Å². The summed E-state index contributed by atoms with van der Waals surface area (Å²) in [4.78, 5) is 64.0. The van der Waals surface area contributed by atoms with Crippen LogP contribution in [0.3, 0.4) is 0 Å². The zero-order valence-corrected chi connectivity index (χ0v) is 20.2. The van der Waals surface area contributed by atoms with E-state index in [0.717, 1.165) is 21.5 Å². The first kappa shape index (κ1) is 25.8. The van der Waals surface area contributed by atoms with Crippen molar-refractivity contribution in [2.75, 3.05) is 4.90 Å². The molecule has 0 spiro atoms. The number of anilines is 1. The maximum Gasteiger partial charge on any atom is 0.288 e. The molecule has 2 aromatic rings. The number of rotatable bonds is 7. The number of hydrazine groups is 1. The monoisotopic (exact) mass is 500 g/mol. The number of imide groups is 1. The highest BCUT2D eigenvalue weighted by Crippen LogP contribution is 2.28. The van der Waals surface area contributed by atoms with Crippen molar-refractivity contribution in [3.8, 4) is 0 Å². The normalized spacial score (nSPS) is 15.5. The summed E-state index contributed by atoms with van der Waals surface area (Å²) < 4.78 is 0. The van der Waals surface area contributed by atoms with Gasteiger partial charge >= 0.3 is 0 Å². The Bertz CT molecular complexity index is 1200. The Balaban J connectivity index is 1.96. The van der Waals surface area contributed by atoms with Crippen molar-refractivity contribution in [3.63, 3.8) is 0 Å². The van der Waals surface area contributed by atoms with Crippen LogP contribution in [-0.4, -0.2) is 39.6 Å². The Morgan fingerprint density at radius 2 is 1.89 bits per heavy atom. The van der Waals surface area contributed by atoms with E-state index in [2.05, 4.69) is 5.43 Å². The molecule has 184 valence electrons. The minimum atomic E-state index is -1.26. The summed E-state index contributed by atoms with van der Waals surface area (Å²) in [5.41, 5.74) is 3.03. The largest absolute Gasteiger partial charge is 0.288 e. The summed E-state index contributed by atoms with van der Waals surface area (Å²) in [5, 5.41) is 12.0. The van der Waals surface area contributed by atoms with Crippen LogP contribution in [0.25, 0.3) is 0 Å². The summed E-state index contributed by atoms with van der Waals surface area (Å²) in [7, 11) is 0. The van der Waals surface area contributed by atoms with E-state index in [1.54, 1.807) is 32.0 Å². The number of nitro groups is 1. The molecule has 4 amide bonds. The molecule has 10 nitrogen and oxygen atoms in total. The number of halogens is 1. The highest BCUT2D eigenvalue weighted by Gasteiger charge is 2.46. The number of nitrogens with zero attached hydrogens (tertiary/aromatic N) is 3. The van der Waals surface area contributed by atoms with E-state index in [0.29, 0.717) is 18.5 Å². The van der Waals surface area contributed by atoms with Gasteiger partial charge in [0.05, 0.1) is 17.0 Å². The van der Waals surface area contributed by atoms with E-state index in [4.69, 9.17) is 11.6 Å². The smallest absolute Gasteiger partial charge is 0.274 e. The molecule has 1 atom stereocenters. The molecule has 0 aromatic heterocycles. The van der Waals surface area contributed by atoms with Gasteiger partial charge in [0.1, 0.15) is 11.1 Å². The van der Waals surface area contributed by atoms with Gasteiger partial charge in [0.15, 0.2) is 0 Å². The first-order valence-corrected chi connectivity index (χ1v) is 11.5. The van der Waals surface area contributed by atoms with Crippen molar-refractivity contribution >= 4 is 46.6 Å². The second-order valence-corrected chi connectivity index (χ2v) is 8.62. The molecular formula is C24H25ClN4O6. The van der Waals surface area contributed by atoms with Crippen molar-refractivity contribution in [2.45, 2.75) is 46.1 Å². The van der Waals surface area contributed by atoms with E-state index in [9.17, 15) is 29.3 Å². The van der Waals surface area contributed by atoms with Crippen molar-refractivity contribution in [1.29, 1.82) is 0 Å². The Kier molecular flexibility index (Phi) is 7.85. The lowest BCUT2D eigenvalue weighted by Gasteiger charge is -2.30. The molecule has 0 radical (unpaired) electrons. The molecule has 3 rings (SSSR count). The molecule has 1 N–H and O–H groups in total. The third kappa shape index (κ3) is 5.32. The van der Waals surface area contributed by atoms with Crippen LogP contribution < -0.4 is 10.3 Å². The lowest BCUT2D eigenvalue weighted by molar-refractivity contribution is -0.384. The molecule has 2 aromatic carbocycles. The van der Waals surface area contributed by atoms with E-state index >= 15 is 0 Å². The van der Waals surface area contributed by atoms with Gasteiger partial charge in [-0.2, -0.15) is 0 Å². The second-order valence-electron chi connectivity index (χ2n) is 8.21. The highest BCUT2D eigenvalue weighted by molar-refractivity contribution is 6.32. The number of amides is 4. The van der Waals surface area contributed by atoms with E-state index in [-0.39, 0.29) is 17.0 Å². The van der Waals surface area contributed by atoms with Gasteiger partial charge in [0.2, 0.25) is 11.8 Å². The zero-order valence-electron chi connectivity index (χ0n) is 19.5. The molecule has 11 heteroatoms. The van der Waals surface area contributed by atoms with Crippen LogP contribution in [0.15, 0.2) is 42.5 Å². The van der Waals surface area contributed by atoms with E-state index in [1.807, 2.05) is 13.0 Å². The second kappa shape index (κ2) is 10.6. The molecule has 0 saturated carbocycles. The molecule has 1 aliphatic rings. The Morgan fingerprint density at radius 1 is 1.20 bits per heavy atom. The van der Waals surface area contributed by atoms with Gasteiger partial charge < -0.3 is 0 Å². The zero-order chi connectivity index (χ0) is 25.9. The quantitative estimate of drug-likeness (QED) is 0.349. The van der Waals surface area contributed by atoms with Gasteiger partial charge in [-0.3, -0.25) is 34.7 Å². The molecular weight excluding hydrogens is 476 g/mol. The lowest BCUT2D eigenvalue weighted by atomic mass is 10.0. The maximum atomic E-state index is 13.3. The number of hydrogen-bond donors (Lipinski definition) is 1. The Labute approximate surface area is 207 Å². The van der Waals surface area contributed by atoms with Crippen LogP contribution in [0.2, 0.25) is 5.02 Å².